The summed E-state index contributed by atoms with van der Waals surface area (Å²) in [6.07, 6.45) is 5.80. The Kier molecular flexibility index (Phi) is 6.10. The van der Waals surface area contributed by atoms with E-state index in [1.807, 2.05) is 4.90 Å². The Morgan fingerprint density at radius 2 is 1.92 bits per heavy atom. The molecular weight excluding hydrogens is 519 g/mol. The average Bonchev–Trinajstić information content (AvgIpc) is 3.57. The number of nitriles is 1. The second-order valence-corrected chi connectivity index (χ2v) is 13.2. The van der Waals surface area contributed by atoms with E-state index in [1.54, 1.807) is 11.3 Å². The van der Waals surface area contributed by atoms with Gasteiger partial charge in [0.15, 0.2) is 0 Å². The van der Waals surface area contributed by atoms with Crippen molar-refractivity contribution in [2.75, 3.05) is 61.4 Å². The minimum absolute atomic E-state index is 0.107. The summed E-state index contributed by atoms with van der Waals surface area (Å²) in [6, 6.07) is 2.59. The van der Waals surface area contributed by atoms with Gasteiger partial charge in [0, 0.05) is 49.4 Å². The van der Waals surface area contributed by atoms with Crippen molar-refractivity contribution in [3.05, 3.63) is 16.0 Å². The Morgan fingerprint density at radius 1 is 1.10 bits per heavy atom. The van der Waals surface area contributed by atoms with Crippen LogP contribution in [0.5, 0.6) is 6.01 Å². The summed E-state index contributed by atoms with van der Waals surface area (Å²) in [7, 11) is 0. The SMILES string of the molecule is N#Cc1c(N)sc2c1C1(CC2)CN(c2nc(OC[C@@]34CCCN3C[C@H](F)C4)nc(N3CCCCC(O)C3)n2)C1. The van der Waals surface area contributed by atoms with Crippen molar-refractivity contribution in [3.8, 4) is 12.1 Å². The van der Waals surface area contributed by atoms with Crippen LogP contribution >= 0.6 is 11.3 Å². The van der Waals surface area contributed by atoms with Crippen molar-refractivity contribution in [1.82, 2.24) is 19.9 Å². The van der Waals surface area contributed by atoms with Gasteiger partial charge >= 0.3 is 6.01 Å². The van der Waals surface area contributed by atoms with Crippen molar-refractivity contribution >= 4 is 28.2 Å². The maximum Gasteiger partial charge on any atom is 0.323 e. The minimum atomic E-state index is -0.824. The molecule has 39 heavy (non-hydrogen) atoms. The number of anilines is 3. The number of aliphatic hydroxyl groups is 1. The number of halogens is 1. The molecule has 4 saturated heterocycles. The van der Waals surface area contributed by atoms with E-state index in [0.717, 1.165) is 63.6 Å². The van der Waals surface area contributed by atoms with Crippen molar-refractivity contribution in [1.29, 1.82) is 5.26 Å². The van der Waals surface area contributed by atoms with E-state index in [9.17, 15) is 14.8 Å². The summed E-state index contributed by atoms with van der Waals surface area (Å²) < 4.78 is 20.6. The van der Waals surface area contributed by atoms with Gasteiger partial charge in [-0.2, -0.15) is 20.2 Å². The number of hydrogen-bond acceptors (Lipinski definition) is 11. The van der Waals surface area contributed by atoms with Gasteiger partial charge in [-0.05, 0) is 57.1 Å². The number of fused-ring (bicyclic) bond motifs is 3. The fourth-order valence-corrected chi connectivity index (χ4v) is 8.74. The number of nitrogens with zero attached hydrogens (tertiary/aromatic N) is 7. The number of aryl methyl sites for hydroxylation is 1. The van der Waals surface area contributed by atoms with Crippen LogP contribution in [0.4, 0.5) is 21.3 Å². The molecule has 4 fully saturated rings. The lowest BCUT2D eigenvalue weighted by atomic mass is 9.74. The lowest BCUT2D eigenvalue weighted by Gasteiger charge is -2.48. The summed E-state index contributed by atoms with van der Waals surface area (Å²) in [4.78, 5) is 21.9. The van der Waals surface area contributed by atoms with Gasteiger partial charge in [0.05, 0.1) is 17.2 Å². The molecule has 0 amide bonds. The number of ether oxygens (including phenoxy) is 1. The Labute approximate surface area is 231 Å². The normalized spacial score (nSPS) is 29.7. The fourth-order valence-electron chi connectivity index (χ4n) is 7.60. The molecule has 4 aliphatic heterocycles. The van der Waals surface area contributed by atoms with Crippen LogP contribution in [0.3, 0.4) is 0 Å². The Morgan fingerprint density at radius 3 is 2.74 bits per heavy atom. The predicted molar refractivity (Wildman–Crippen MR) is 146 cm³/mol. The molecule has 208 valence electrons. The van der Waals surface area contributed by atoms with Gasteiger partial charge in [0.25, 0.3) is 0 Å². The van der Waals surface area contributed by atoms with Crippen LogP contribution < -0.4 is 20.3 Å². The predicted octanol–water partition coefficient (Wildman–Crippen LogP) is 2.40. The second-order valence-electron chi connectivity index (χ2n) is 12.1. The molecule has 0 saturated carbocycles. The third-order valence-electron chi connectivity index (χ3n) is 9.50. The van der Waals surface area contributed by atoms with Crippen LogP contribution in [0.25, 0.3) is 0 Å². The summed E-state index contributed by atoms with van der Waals surface area (Å²) in [6.45, 7) is 4.36. The van der Waals surface area contributed by atoms with Crippen LogP contribution in [0, 0.1) is 11.3 Å². The summed E-state index contributed by atoms with van der Waals surface area (Å²) in [5, 5.41) is 20.8. The third-order valence-corrected chi connectivity index (χ3v) is 10.6. The van der Waals surface area contributed by atoms with E-state index in [1.165, 1.54) is 4.88 Å². The van der Waals surface area contributed by atoms with Gasteiger partial charge in [-0.1, -0.05) is 0 Å². The first-order valence-corrected chi connectivity index (χ1v) is 15.0. The lowest BCUT2D eigenvalue weighted by molar-refractivity contribution is 0.107. The first-order valence-electron chi connectivity index (χ1n) is 14.2. The number of aromatic nitrogens is 3. The van der Waals surface area contributed by atoms with Crippen LogP contribution in [0.2, 0.25) is 0 Å². The van der Waals surface area contributed by atoms with E-state index >= 15 is 0 Å². The molecule has 1 aliphatic carbocycles. The highest BCUT2D eigenvalue weighted by atomic mass is 32.1. The molecule has 3 atom stereocenters. The van der Waals surface area contributed by atoms with Gasteiger partial charge in [-0.3, -0.25) is 4.90 Å². The van der Waals surface area contributed by atoms with Crippen molar-refractivity contribution in [2.45, 2.75) is 74.6 Å². The number of alkyl halides is 1. The van der Waals surface area contributed by atoms with Gasteiger partial charge in [-0.15, -0.1) is 11.3 Å². The molecule has 5 aliphatic rings. The Bertz CT molecular complexity index is 1310. The maximum absolute atomic E-state index is 14.3. The summed E-state index contributed by atoms with van der Waals surface area (Å²) in [5.41, 5.74) is 7.52. The van der Waals surface area contributed by atoms with E-state index in [-0.39, 0.29) is 17.0 Å². The number of thiophene rings is 1. The molecule has 7 rings (SSSR count). The second kappa shape index (κ2) is 9.42. The smallest absolute Gasteiger partial charge is 0.323 e. The first kappa shape index (κ1) is 25.2. The Hall–Kier alpha value is -2.75. The van der Waals surface area contributed by atoms with Gasteiger partial charge in [0.1, 0.15) is 23.8 Å². The van der Waals surface area contributed by atoms with E-state index in [4.69, 9.17) is 25.4 Å². The summed E-state index contributed by atoms with van der Waals surface area (Å²) in [5.74, 6) is 1.06. The molecule has 12 heteroatoms. The zero-order chi connectivity index (χ0) is 26.8. The highest BCUT2D eigenvalue weighted by molar-refractivity contribution is 7.16. The first-order chi connectivity index (χ1) is 18.9. The zero-order valence-corrected chi connectivity index (χ0v) is 22.9. The van der Waals surface area contributed by atoms with Crippen LogP contribution in [-0.2, 0) is 11.8 Å². The van der Waals surface area contributed by atoms with Crippen molar-refractivity contribution < 1.29 is 14.2 Å². The molecule has 1 spiro atoms. The summed E-state index contributed by atoms with van der Waals surface area (Å²) >= 11 is 1.54. The largest absolute Gasteiger partial charge is 0.461 e. The van der Waals surface area contributed by atoms with E-state index in [0.29, 0.717) is 61.7 Å². The molecule has 0 bridgehead atoms. The molecule has 1 unspecified atom stereocenters. The zero-order valence-electron chi connectivity index (χ0n) is 22.1. The van der Waals surface area contributed by atoms with Crippen molar-refractivity contribution in [3.63, 3.8) is 0 Å². The number of hydrogen-bond donors (Lipinski definition) is 2. The maximum atomic E-state index is 14.3. The molecule has 2 aromatic heterocycles. The molecule has 0 aromatic carbocycles. The minimum Gasteiger partial charge on any atom is -0.461 e. The third kappa shape index (κ3) is 4.21. The van der Waals surface area contributed by atoms with Gasteiger partial charge in [-0.25, -0.2) is 4.39 Å². The Balaban J connectivity index is 1.16. The standard InChI is InChI=1S/C27H35FN8O2S/c28-17-10-27(6-3-9-36(27)12-17)16-38-25-32-23(34-8-2-1-4-18(37)13-34)31-24(33-25)35-14-26(15-35)7-5-20-21(26)19(11-29)22(30)39-20/h17-18,37H,1-10,12-16,30H2/t17-,18?,27+/m1/s1. The van der Waals surface area contributed by atoms with Gasteiger partial charge < -0.3 is 25.4 Å². The number of nitrogen functional groups attached to an aromatic ring is 1. The molecular formula is C27H35FN8O2S. The molecule has 3 N–H and O–H groups in total. The highest BCUT2D eigenvalue weighted by Crippen LogP contribution is 2.52. The number of nitrogens with two attached hydrogens (primary N) is 1. The number of β-amino-alcohol motifs (C(OH)–C–C–N with tert-alkyl or cyclic N) is 1. The highest BCUT2D eigenvalue weighted by Gasteiger charge is 2.52. The average molecular weight is 555 g/mol. The molecule has 2 aromatic rings. The molecule has 6 heterocycles. The van der Waals surface area contributed by atoms with E-state index < -0.39 is 12.3 Å². The lowest BCUT2D eigenvalue weighted by Crippen LogP contribution is -2.59. The molecule has 0 radical (unpaired) electrons. The van der Waals surface area contributed by atoms with Gasteiger partial charge in [0.2, 0.25) is 11.9 Å². The fraction of sp³-hybridized carbons (Fsp3) is 0.704. The number of rotatable bonds is 5. The quantitative estimate of drug-likeness (QED) is 0.569. The van der Waals surface area contributed by atoms with E-state index in [2.05, 4.69) is 15.9 Å². The van der Waals surface area contributed by atoms with Crippen LogP contribution in [-0.4, -0.2) is 88.6 Å². The van der Waals surface area contributed by atoms with Crippen molar-refractivity contribution in [2.24, 2.45) is 0 Å². The topological polar surface area (TPSA) is 128 Å². The monoisotopic (exact) mass is 554 g/mol. The van der Waals surface area contributed by atoms with Crippen LogP contribution in [0.1, 0.15) is 60.9 Å². The van der Waals surface area contributed by atoms with Crippen LogP contribution in [0.15, 0.2) is 0 Å². The number of aliphatic hydroxyl groups excluding tert-OH is 1. The molecule has 10 nitrogen and oxygen atoms in total.